The summed E-state index contributed by atoms with van der Waals surface area (Å²) in [5.41, 5.74) is 7.10. The summed E-state index contributed by atoms with van der Waals surface area (Å²) in [6.45, 7) is 5.67. The highest BCUT2D eigenvalue weighted by Crippen LogP contribution is 2.16. The molecule has 2 rings (SSSR count). The average Bonchev–Trinajstić information content (AvgIpc) is 2.79. The summed E-state index contributed by atoms with van der Waals surface area (Å²) >= 11 is 0. The van der Waals surface area contributed by atoms with Gasteiger partial charge in [0.25, 0.3) is 5.91 Å². The third-order valence-electron chi connectivity index (χ3n) is 3.29. The van der Waals surface area contributed by atoms with Crippen molar-refractivity contribution < 1.29 is 14.3 Å². The number of nitrogens with two attached hydrogens (primary N) is 1. The highest BCUT2D eigenvalue weighted by Gasteiger charge is 2.27. The molecule has 0 spiro atoms. The maximum Gasteiger partial charge on any atom is 0.409 e. The Balaban J connectivity index is 1.95. The molecule has 0 aliphatic carbocycles. The van der Waals surface area contributed by atoms with Gasteiger partial charge in [0.2, 0.25) is 0 Å². The van der Waals surface area contributed by atoms with Gasteiger partial charge in [0.05, 0.1) is 18.0 Å². The number of hydrogen-bond acceptors (Lipinski definition) is 5. The topological polar surface area (TPSA) is 105 Å². The van der Waals surface area contributed by atoms with E-state index in [1.807, 2.05) is 0 Å². The lowest BCUT2D eigenvalue weighted by atomic mass is 10.2. The Kier molecular flexibility index (Phi) is 4.11. The summed E-state index contributed by atoms with van der Waals surface area (Å²) in [6.07, 6.45) is -0.338. The van der Waals surface area contributed by atoms with Crippen LogP contribution in [0.5, 0.6) is 0 Å². The molecule has 1 aromatic heterocycles. The Bertz CT molecular complexity index is 505. The van der Waals surface area contributed by atoms with Gasteiger partial charge in [-0.2, -0.15) is 5.10 Å². The first-order chi connectivity index (χ1) is 9.54. The number of amides is 2. The highest BCUT2D eigenvalue weighted by atomic mass is 16.6. The first-order valence-corrected chi connectivity index (χ1v) is 6.56. The Labute approximate surface area is 116 Å². The molecule has 1 aliphatic rings. The summed E-state index contributed by atoms with van der Waals surface area (Å²) in [6, 6.07) is 0. The fraction of sp³-hybridized carbons (Fsp3) is 0.583. The van der Waals surface area contributed by atoms with Gasteiger partial charge in [-0.15, -0.1) is 0 Å². The van der Waals surface area contributed by atoms with E-state index in [0.29, 0.717) is 44.2 Å². The smallest absolute Gasteiger partial charge is 0.409 e. The molecule has 3 N–H and O–H groups in total. The Morgan fingerprint density at radius 2 is 1.90 bits per heavy atom. The van der Waals surface area contributed by atoms with Gasteiger partial charge in [-0.05, 0) is 13.8 Å². The molecule has 8 nitrogen and oxygen atoms in total. The molecular formula is C12H19N5O3. The van der Waals surface area contributed by atoms with E-state index in [1.54, 1.807) is 23.6 Å². The van der Waals surface area contributed by atoms with E-state index in [2.05, 4.69) is 10.2 Å². The number of aryl methyl sites for hydroxylation is 1. The fourth-order valence-corrected chi connectivity index (χ4v) is 2.06. The minimum atomic E-state index is -0.338. The van der Waals surface area contributed by atoms with E-state index in [4.69, 9.17) is 10.5 Å². The zero-order valence-electron chi connectivity index (χ0n) is 11.7. The number of carbonyl (C=O) groups excluding carboxylic acids is 2. The number of ether oxygens (including phenoxy) is 1. The van der Waals surface area contributed by atoms with E-state index < -0.39 is 0 Å². The second kappa shape index (κ2) is 5.81. The van der Waals surface area contributed by atoms with Crippen molar-refractivity contribution in [1.29, 1.82) is 0 Å². The number of carbonyl (C=O) groups is 2. The maximum atomic E-state index is 12.3. The molecule has 1 aliphatic heterocycles. The lowest BCUT2D eigenvalue weighted by molar-refractivity contribution is 0.0566. The molecule has 110 valence electrons. The molecule has 0 aromatic carbocycles. The lowest BCUT2D eigenvalue weighted by Crippen LogP contribution is -2.50. The van der Waals surface area contributed by atoms with Crippen LogP contribution in [0.25, 0.3) is 0 Å². The van der Waals surface area contributed by atoms with Crippen LogP contribution in [0.1, 0.15) is 23.1 Å². The van der Waals surface area contributed by atoms with Crippen molar-refractivity contribution in [3.05, 3.63) is 11.4 Å². The van der Waals surface area contributed by atoms with Crippen LogP contribution in [0, 0.1) is 6.92 Å². The molecule has 1 saturated heterocycles. The number of piperazine rings is 1. The van der Waals surface area contributed by atoms with Crippen LogP contribution in [-0.4, -0.2) is 64.8 Å². The van der Waals surface area contributed by atoms with Gasteiger partial charge in [0, 0.05) is 26.2 Å². The molecule has 2 heterocycles. The van der Waals surface area contributed by atoms with Crippen molar-refractivity contribution in [3.8, 4) is 0 Å². The van der Waals surface area contributed by atoms with Gasteiger partial charge in [0.1, 0.15) is 0 Å². The molecule has 1 aromatic rings. The van der Waals surface area contributed by atoms with Crippen LogP contribution in [0.4, 0.5) is 10.5 Å². The van der Waals surface area contributed by atoms with E-state index in [0.717, 1.165) is 0 Å². The minimum absolute atomic E-state index is 0.213. The summed E-state index contributed by atoms with van der Waals surface area (Å²) in [5.74, 6) is -0.213. The zero-order chi connectivity index (χ0) is 14.7. The zero-order valence-corrected chi connectivity index (χ0v) is 11.7. The number of anilines is 1. The second-order valence-corrected chi connectivity index (χ2v) is 4.59. The van der Waals surface area contributed by atoms with Gasteiger partial charge in [-0.1, -0.05) is 0 Å². The molecule has 8 heteroatoms. The molecule has 0 saturated carbocycles. The van der Waals surface area contributed by atoms with Gasteiger partial charge in [-0.3, -0.25) is 9.89 Å². The number of H-pyrrole nitrogens is 1. The fourth-order valence-electron chi connectivity index (χ4n) is 2.06. The molecule has 0 bridgehead atoms. The predicted octanol–water partition coefficient (Wildman–Crippen LogP) is 0.215. The quantitative estimate of drug-likeness (QED) is 0.806. The van der Waals surface area contributed by atoms with Crippen molar-refractivity contribution in [3.63, 3.8) is 0 Å². The molecular weight excluding hydrogens is 262 g/mol. The van der Waals surface area contributed by atoms with E-state index in [1.165, 1.54) is 0 Å². The van der Waals surface area contributed by atoms with Crippen LogP contribution in [0.2, 0.25) is 0 Å². The van der Waals surface area contributed by atoms with Crippen LogP contribution in [0.3, 0.4) is 0 Å². The molecule has 1 fully saturated rings. The van der Waals surface area contributed by atoms with Crippen LogP contribution in [0.15, 0.2) is 0 Å². The van der Waals surface area contributed by atoms with Crippen molar-refractivity contribution in [2.24, 2.45) is 0 Å². The number of aromatic amines is 1. The number of nitrogen functional groups attached to an aromatic ring is 1. The minimum Gasteiger partial charge on any atom is -0.450 e. The number of aromatic nitrogens is 2. The average molecular weight is 281 g/mol. The largest absolute Gasteiger partial charge is 0.450 e. The van der Waals surface area contributed by atoms with E-state index in [-0.39, 0.29) is 17.7 Å². The van der Waals surface area contributed by atoms with Crippen molar-refractivity contribution >= 4 is 17.7 Å². The maximum absolute atomic E-state index is 12.3. The Morgan fingerprint density at radius 1 is 1.30 bits per heavy atom. The molecule has 20 heavy (non-hydrogen) atoms. The second-order valence-electron chi connectivity index (χ2n) is 4.59. The summed E-state index contributed by atoms with van der Waals surface area (Å²) in [5, 5.41) is 6.62. The normalized spacial score (nSPS) is 15.3. The summed E-state index contributed by atoms with van der Waals surface area (Å²) < 4.78 is 4.93. The predicted molar refractivity (Wildman–Crippen MR) is 72.2 cm³/mol. The van der Waals surface area contributed by atoms with Crippen molar-refractivity contribution in [2.75, 3.05) is 38.5 Å². The molecule has 0 atom stereocenters. The van der Waals surface area contributed by atoms with Gasteiger partial charge >= 0.3 is 6.09 Å². The number of nitrogens with zero attached hydrogens (tertiary/aromatic N) is 3. The third-order valence-corrected chi connectivity index (χ3v) is 3.29. The third kappa shape index (κ3) is 2.68. The number of nitrogens with one attached hydrogen (secondary N) is 1. The van der Waals surface area contributed by atoms with Gasteiger partial charge < -0.3 is 20.3 Å². The van der Waals surface area contributed by atoms with Crippen molar-refractivity contribution in [1.82, 2.24) is 20.0 Å². The number of hydrogen-bond donors (Lipinski definition) is 2. The number of rotatable bonds is 2. The first kappa shape index (κ1) is 14.2. The molecule has 0 radical (unpaired) electrons. The first-order valence-electron chi connectivity index (χ1n) is 6.56. The van der Waals surface area contributed by atoms with Crippen LogP contribution < -0.4 is 5.73 Å². The summed E-state index contributed by atoms with van der Waals surface area (Å²) in [7, 11) is 0. The lowest BCUT2D eigenvalue weighted by Gasteiger charge is -2.33. The SMILES string of the molecule is CCOC(=O)N1CCN(C(=O)c2n[nH]c(C)c2N)CC1. The van der Waals surface area contributed by atoms with E-state index in [9.17, 15) is 9.59 Å². The van der Waals surface area contributed by atoms with Gasteiger partial charge in [0.15, 0.2) is 5.69 Å². The van der Waals surface area contributed by atoms with E-state index >= 15 is 0 Å². The highest BCUT2D eigenvalue weighted by molar-refractivity contribution is 5.97. The Morgan fingerprint density at radius 3 is 2.40 bits per heavy atom. The summed E-state index contributed by atoms with van der Waals surface area (Å²) in [4.78, 5) is 27.1. The molecule has 2 amide bonds. The monoisotopic (exact) mass is 281 g/mol. The molecule has 0 unspecified atom stereocenters. The Hall–Kier alpha value is -2.25. The van der Waals surface area contributed by atoms with Gasteiger partial charge in [-0.25, -0.2) is 4.79 Å². The van der Waals surface area contributed by atoms with Crippen LogP contribution >= 0.6 is 0 Å². The standard InChI is InChI=1S/C12H19N5O3/c1-3-20-12(19)17-6-4-16(5-7-17)11(18)10-9(13)8(2)14-15-10/h3-7,13H2,1-2H3,(H,14,15). The van der Waals surface area contributed by atoms with Crippen LogP contribution in [-0.2, 0) is 4.74 Å². The van der Waals surface area contributed by atoms with Crippen molar-refractivity contribution in [2.45, 2.75) is 13.8 Å².